The fourth-order valence-electron chi connectivity index (χ4n) is 2.57. The number of amides is 1. The van der Waals surface area contributed by atoms with Crippen molar-refractivity contribution in [3.05, 3.63) is 59.2 Å². The summed E-state index contributed by atoms with van der Waals surface area (Å²) in [6.07, 6.45) is 3.50. The first kappa shape index (κ1) is 20.2. The molecule has 2 aromatic carbocycles. The fourth-order valence-corrected chi connectivity index (χ4v) is 2.57. The van der Waals surface area contributed by atoms with Crippen LogP contribution in [0.2, 0.25) is 0 Å². The Morgan fingerprint density at radius 3 is 2.52 bits per heavy atom. The minimum Gasteiger partial charge on any atom is -0.496 e. The van der Waals surface area contributed by atoms with Crippen LogP contribution in [0.25, 0.3) is 0 Å². The highest BCUT2D eigenvalue weighted by Gasteiger charge is 2.03. The maximum Gasteiger partial charge on any atom is 0.308 e. The Morgan fingerprint density at radius 1 is 1.15 bits per heavy atom. The van der Waals surface area contributed by atoms with Gasteiger partial charge in [0.1, 0.15) is 11.5 Å². The van der Waals surface area contributed by atoms with Gasteiger partial charge in [-0.15, -0.1) is 0 Å². The molecule has 2 aromatic rings. The molecule has 0 aliphatic heterocycles. The lowest BCUT2D eigenvalue weighted by atomic mass is 10.1. The molecule has 0 aromatic heterocycles. The Kier molecular flexibility index (Phi) is 7.55. The Balaban J connectivity index is 1.73. The zero-order valence-corrected chi connectivity index (χ0v) is 15.8. The van der Waals surface area contributed by atoms with E-state index in [4.69, 9.17) is 9.47 Å². The van der Waals surface area contributed by atoms with Gasteiger partial charge in [0, 0.05) is 13.3 Å². The van der Waals surface area contributed by atoms with Crippen molar-refractivity contribution in [2.75, 3.05) is 7.11 Å². The van der Waals surface area contributed by atoms with Gasteiger partial charge in [0.25, 0.3) is 0 Å². The van der Waals surface area contributed by atoms with Crippen molar-refractivity contribution >= 4 is 18.1 Å². The molecule has 27 heavy (non-hydrogen) atoms. The number of esters is 1. The average molecular weight is 368 g/mol. The molecular weight excluding hydrogens is 344 g/mol. The maximum atomic E-state index is 11.9. The van der Waals surface area contributed by atoms with Crippen molar-refractivity contribution < 1.29 is 19.1 Å². The number of hydrogen-bond donors (Lipinski definition) is 1. The summed E-state index contributed by atoms with van der Waals surface area (Å²) in [4.78, 5) is 22.7. The first-order valence-corrected chi connectivity index (χ1v) is 8.72. The van der Waals surface area contributed by atoms with Crippen molar-refractivity contribution in [2.45, 2.75) is 33.1 Å². The molecule has 0 heterocycles. The highest BCUT2D eigenvalue weighted by molar-refractivity contribution is 5.82. The normalized spacial score (nSPS) is 10.6. The molecule has 0 aliphatic carbocycles. The number of aryl methyl sites for hydroxylation is 2. The van der Waals surface area contributed by atoms with E-state index in [0.717, 1.165) is 29.7 Å². The summed E-state index contributed by atoms with van der Waals surface area (Å²) >= 11 is 0. The predicted molar refractivity (Wildman–Crippen MR) is 104 cm³/mol. The minimum atomic E-state index is -0.367. The summed E-state index contributed by atoms with van der Waals surface area (Å²) in [7, 11) is 1.65. The number of hydrogen-bond acceptors (Lipinski definition) is 5. The molecular formula is C21H24N2O4. The maximum absolute atomic E-state index is 11.9. The van der Waals surface area contributed by atoms with Gasteiger partial charge in [-0.05, 0) is 66.8 Å². The summed E-state index contributed by atoms with van der Waals surface area (Å²) < 4.78 is 10.2. The second-order valence-electron chi connectivity index (χ2n) is 6.11. The molecule has 1 amide bonds. The summed E-state index contributed by atoms with van der Waals surface area (Å²) in [6.45, 7) is 3.35. The van der Waals surface area contributed by atoms with E-state index in [9.17, 15) is 9.59 Å². The fraction of sp³-hybridized carbons (Fsp3) is 0.286. The zero-order valence-electron chi connectivity index (χ0n) is 15.8. The molecule has 6 nitrogen and oxygen atoms in total. The third kappa shape index (κ3) is 6.93. The number of ether oxygens (including phenoxy) is 2. The van der Waals surface area contributed by atoms with E-state index < -0.39 is 0 Å². The molecule has 0 unspecified atom stereocenters. The van der Waals surface area contributed by atoms with Crippen LogP contribution in [-0.2, 0) is 16.0 Å². The van der Waals surface area contributed by atoms with Crippen LogP contribution in [-0.4, -0.2) is 25.2 Å². The van der Waals surface area contributed by atoms with E-state index in [2.05, 4.69) is 16.6 Å². The monoisotopic (exact) mass is 368 g/mol. The largest absolute Gasteiger partial charge is 0.496 e. The Morgan fingerprint density at radius 2 is 1.89 bits per heavy atom. The van der Waals surface area contributed by atoms with Crippen LogP contribution in [0.1, 0.15) is 36.5 Å². The lowest BCUT2D eigenvalue weighted by molar-refractivity contribution is -0.131. The molecule has 0 bridgehead atoms. The number of carbonyl (C=O) groups is 2. The highest BCUT2D eigenvalue weighted by atomic mass is 16.5. The van der Waals surface area contributed by atoms with Crippen LogP contribution in [0.15, 0.2) is 47.6 Å². The first-order valence-electron chi connectivity index (χ1n) is 8.72. The third-order valence-corrected chi connectivity index (χ3v) is 3.87. The van der Waals surface area contributed by atoms with E-state index in [1.54, 1.807) is 37.6 Å². The van der Waals surface area contributed by atoms with Crippen molar-refractivity contribution in [1.29, 1.82) is 0 Å². The number of nitrogens with zero attached hydrogens (tertiary/aromatic N) is 1. The van der Waals surface area contributed by atoms with Crippen LogP contribution in [0.3, 0.4) is 0 Å². The Labute approximate surface area is 159 Å². The summed E-state index contributed by atoms with van der Waals surface area (Å²) in [5, 5.41) is 3.95. The SMILES string of the molecule is COc1ccc(CCCC(=O)N/N=C\c2ccc(OC(C)=O)cc2)cc1C. The number of methoxy groups -OCH3 is 1. The van der Waals surface area contributed by atoms with E-state index in [-0.39, 0.29) is 11.9 Å². The predicted octanol–water partition coefficient (Wildman–Crippen LogP) is 3.40. The number of carbonyl (C=O) groups excluding carboxylic acids is 2. The number of benzene rings is 2. The van der Waals surface area contributed by atoms with Crippen molar-refractivity contribution in [2.24, 2.45) is 5.10 Å². The topological polar surface area (TPSA) is 77.0 Å². The Hall–Kier alpha value is -3.15. The van der Waals surface area contributed by atoms with Crippen LogP contribution < -0.4 is 14.9 Å². The summed E-state index contributed by atoms with van der Waals surface area (Å²) in [5.74, 6) is 0.839. The van der Waals surface area contributed by atoms with Crippen LogP contribution in [0.4, 0.5) is 0 Å². The Bertz CT molecular complexity index is 813. The second-order valence-corrected chi connectivity index (χ2v) is 6.11. The first-order chi connectivity index (χ1) is 13.0. The molecule has 6 heteroatoms. The smallest absolute Gasteiger partial charge is 0.308 e. The van der Waals surface area contributed by atoms with Gasteiger partial charge < -0.3 is 9.47 Å². The molecule has 142 valence electrons. The van der Waals surface area contributed by atoms with Crippen molar-refractivity contribution in [1.82, 2.24) is 5.43 Å². The van der Waals surface area contributed by atoms with Crippen LogP contribution in [0.5, 0.6) is 11.5 Å². The standard InChI is InChI=1S/C21H24N2O4/c1-15-13-17(9-12-20(15)26-3)5-4-6-21(25)23-22-14-18-7-10-19(11-8-18)27-16(2)24/h7-14H,4-6H2,1-3H3,(H,23,25)/b22-14-. The van der Waals surface area contributed by atoms with Crippen molar-refractivity contribution in [3.8, 4) is 11.5 Å². The quantitative estimate of drug-likeness (QED) is 0.335. The van der Waals surface area contributed by atoms with E-state index >= 15 is 0 Å². The van der Waals surface area contributed by atoms with Gasteiger partial charge in [-0.1, -0.05) is 12.1 Å². The molecule has 1 N–H and O–H groups in total. The number of rotatable bonds is 8. The van der Waals surface area contributed by atoms with Gasteiger partial charge in [0.05, 0.1) is 13.3 Å². The van der Waals surface area contributed by atoms with Crippen molar-refractivity contribution in [3.63, 3.8) is 0 Å². The van der Waals surface area contributed by atoms with E-state index in [1.807, 2.05) is 19.1 Å². The van der Waals surface area contributed by atoms with Crippen LogP contribution >= 0.6 is 0 Å². The molecule has 0 atom stereocenters. The molecule has 0 saturated heterocycles. The molecule has 0 radical (unpaired) electrons. The average Bonchev–Trinajstić information content (AvgIpc) is 2.63. The van der Waals surface area contributed by atoms with Crippen LogP contribution in [0, 0.1) is 6.92 Å². The minimum absolute atomic E-state index is 0.131. The third-order valence-electron chi connectivity index (χ3n) is 3.87. The van der Waals surface area contributed by atoms with Gasteiger partial charge in [-0.2, -0.15) is 5.10 Å². The van der Waals surface area contributed by atoms with Gasteiger partial charge in [-0.3, -0.25) is 9.59 Å². The van der Waals surface area contributed by atoms with E-state index in [1.165, 1.54) is 12.5 Å². The van der Waals surface area contributed by atoms with Gasteiger partial charge >= 0.3 is 5.97 Å². The summed E-state index contributed by atoms with van der Waals surface area (Å²) in [6, 6.07) is 12.9. The molecule has 0 aliphatic rings. The molecule has 0 saturated carbocycles. The second kappa shape index (κ2) is 10.1. The van der Waals surface area contributed by atoms with E-state index in [0.29, 0.717) is 12.2 Å². The molecule has 0 fully saturated rings. The molecule has 2 rings (SSSR count). The summed E-state index contributed by atoms with van der Waals surface area (Å²) in [5.41, 5.74) is 5.58. The molecule has 0 spiro atoms. The van der Waals surface area contributed by atoms with Gasteiger partial charge in [0.15, 0.2) is 0 Å². The zero-order chi connectivity index (χ0) is 19.6. The highest BCUT2D eigenvalue weighted by Crippen LogP contribution is 2.19. The number of hydrazone groups is 1. The lowest BCUT2D eigenvalue weighted by Gasteiger charge is -2.07. The van der Waals surface area contributed by atoms with Gasteiger partial charge in [-0.25, -0.2) is 5.43 Å². The number of nitrogens with one attached hydrogen (secondary N) is 1. The van der Waals surface area contributed by atoms with Gasteiger partial charge in [0.2, 0.25) is 5.91 Å². The lowest BCUT2D eigenvalue weighted by Crippen LogP contribution is -2.17.